The minimum Gasteiger partial charge on any atom is -0.497 e. The number of hydrogen-bond acceptors (Lipinski definition) is 8. The molecule has 0 spiro atoms. The molecule has 146 valence electrons. The first-order chi connectivity index (χ1) is 13.3. The Morgan fingerprint density at radius 2 is 2.00 bits per heavy atom. The van der Waals surface area contributed by atoms with Gasteiger partial charge in [-0.2, -0.15) is 4.98 Å². The van der Waals surface area contributed by atoms with Gasteiger partial charge in [0, 0.05) is 5.56 Å². The summed E-state index contributed by atoms with van der Waals surface area (Å²) in [5.74, 6) is 0.299. The lowest BCUT2D eigenvalue weighted by atomic mass is 10.1. The minimum atomic E-state index is -3.95. The van der Waals surface area contributed by atoms with Crippen LogP contribution in [0.3, 0.4) is 0 Å². The molecule has 3 aromatic rings. The van der Waals surface area contributed by atoms with Gasteiger partial charge >= 0.3 is 5.97 Å². The van der Waals surface area contributed by atoms with Crippen LogP contribution < -0.4 is 9.88 Å². The Kier molecular flexibility index (Phi) is 5.43. The molecule has 10 heteroatoms. The SMILES string of the molecule is COc1cccc(-c2noc(COC(=O)c3ccc(C)c(S(N)(=O)=O)c3)n2)c1. The summed E-state index contributed by atoms with van der Waals surface area (Å²) in [5.41, 5.74) is 1.15. The fraction of sp³-hybridized carbons (Fsp3) is 0.167. The van der Waals surface area contributed by atoms with Crippen LogP contribution in [0.2, 0.25) is 0 Å². The molecule has 0 radical (unpaired) electrons. The summed E-state index contributed by atoms with van der Waals surface area (Å²) in [6.07, 6.45) is 0. The molecule has 0 saturated carbocycles. The van der Waals surface area contributed by atoms with Gasteiger partial charge in [0.25, 0.3) is 5.89 Å². The lowest BCUT2D eigenvalue weighted by molar-refractivity contribution is 0.0429. The summed E-state index contributed by atoms with van der Waals surface area (Å²) in [4.78, 5) is 16.2. The molecule has 0 atom stereocenters. The molecule has 1 aromatic heterocycles. The fourth-order valence-electron chi connectivity index (χ4n) is 2.44. The van der Waals surface area contributed by atoms with Gasteiger partial charge in [0.05, 0.1) is 17.6 Å². The van der Waals surface area contributed by atoms with Crippen molar-refractivity contribution in [2.75, 3.05) is 7.11 Å². The van der Waals surface area contributed by atoms with Gasteiger partial charge in [-0.25, -0.2) is 18.4 Å². The number of hydrogen-bond donors (Lipinski definition) is 1. The molecule has 1 heterocycles. The van der Waals surface area contributed by atoms with E-state index in [1.807, 2.05) is 0 Å². The number of primary sulfonamides is 1. The van der Waals surface area contributed by atoms with Crippen LogP contribution in [0, 0.1) is 6.92 Å². The zero-order valence-electron chi connectivity index (χ0n) is 15.1. The number of carbonyl (C=O) groups is 1. The van der Waals surface area contributed by atoms with Gasteiger partial charge in [-0.15, -0.1) is 0 Å². The van der Waals surface area contributed by atoms with Crippen LogP contribution in [0.1, 0.15) is 21.8 Å². The summed E-state index contributed by atoms with van der Waals surface area (Å²) in [6, 6.07) is 11.2. The molecule has 0 aliphatic rings. The van der Waals surface area contributed by atoms with Crippen LogP contribution in [0.4, 0.5) is 0 Å². The van der Waals surface area contributed by atoms with Crippen molar-refractivity contribution in [1.29, 1.82) is 0 Å². The summed E-state index contributed by atoms with van der Waals surface area (Å²) < 4.78 is 38.5. The van der Waals surface area contributed by atoms with Crippen molar-refractivity contribution in [3.05, 3.63) is 59.5 Å². The first-order valence-electron chi connectivity index (χ1n) is 8.05. The number of nitrogens with two attached hydrogens (primary N) is 1. The molecule has 28 heavy (non-hydrogen) atoms. The largest absolute Gasteiger partial charge is 0.497 e. The van der Waals surface area contributed by atoms with Gasteiger partial charge in [-0.3, -0.25) is 0 Å². The van der Waals surface area contributed by atoms with Gasteiger partial charge < -0.3 is 14.0 Å². The second kappa shape index (κ2) is 7.79. The van der Waals surface area contributed by atoms with Crippen LogP contribution in [0.5, 0.6) is 5.75 Å². The number of ether oxygens (including phenoxy) is 2. The van der Waals surface area contributed by atoms with E-state index in [-0.39, 0.29) is 23.0 Å². The average Bonchev–Trinajstić information content (AvgIpc) is 3.14. The van der Waals surface area contributed by atoms with Crippen molar-refractivity contribution in [3.8, 4) is 17.1 Å². The van der Waals surface area contributed by atoms with E-state index in [1.54, 1.807) is 38.3 Å². The van der Waals surface area contributed by atoms with Gasteiger partial charge in [0.15, 0.2) is 6.61 Å². The van der Waals surface area contributed by atoms with Crippen LogP contribution in [-0.2, 0) is 21.4 Å². The molecule has 0 unspecified atom stereocenters. The summed E-state index contributed by atoms with van der Waals surface area (Å²) in [7, 11) is -2.40. The maximum atomic E-state index is 12.2. The average molecular weight is 403 g/mol. The number of esters is 1. The molecule has 2 aromatic carbocycles. The standard InChI is InChI=1S/C18H17N3O6S/c1-11-6-7-13(9-15(11)28(19,23)24)18(22)26-10-16-20-17(21-27-16)12-4-3-5-14(8-12)25-2/h3-9H,10H2,1-2H3,(H2,19,23,24). The highest BCUT2D eigenvalue weighted by molar-refractivity contribution is 7.89. The predicted molar refractivity (Wildman–Crippen MR) is 98.0 cm³/mol. The van der Waals surface area contributed by atoms with E-state index in [1.165, 1.54) is 18.2 Å². The highest BCUT2D eigenvalue weighted by Crippen LogP contribution is 2.21. The summed E-state index contributed by atoms with van der Waals surface area (Å²) >= 11 is 0. The maximum absolute atomic E-state index is 12.2. The molecule has 0 aliphatic heterocycles. The number of benzene rings is 2. The van der Waals surface area contributed by atoms with E-state index in [0.717, 1.165) is 0 Å². The van der Waals surface area contributed by atoms with Crippen LogP contribution in [0.25, 0.3) is 11.4 Å². The van der Waals surface area contributed by atoms with E-state index in [4.69, 9.17) is 19.1 Å². The number of nitrogens with zero attached hydrogens (tertiary/aromatic N) is 2. The van der Waals surface area contributed by atoms with Crippen LogP contribution in [-0.4, -0.2) is 31.6 Å². The Morgan fingerprint density at radius 1 is 1.21 bits per heavy atom. The Bertz CT molecular complexity index is 1120. The van der Waals surface area contributed by atoms with Crippen LogP contribution in [0.15, 0.2) is 51.9 Å². The Hall–Kier alpha value is -3.24. The van der Waals surface area contributed by atoms with Crippen molar-refractivity contribution in [3.63, 3.8) is 0 Å². The summed E-state index contributed by atoms with van der Waals surface area (Å²) in [6.45, 7) is 1.31. The molecular weight excluding hydrogens is 386 g/mol. The number of rotatable bonds is 6. The smallest absolute Gasteiger partial charge is 0.338 e. The molecule has 2 N–H and O–H groups in total. The predicted octanol–water partition coefficient (Wildman–Crippen LogP) is 2.06. The number of aromatic nitrogens is 2. The summed E-state index contributed by atoms with van der Waals surface area (Å²) in [5, 5.41) is 8.99. The second-order valence-corrected chi connectivity index (χ2v) is 7.37. The van der Waals surface area contributed by atoms with E-state index in [0.29, 0.717) is 22.7 Å². The third-order valence-corrected chi connectivity index (χ3v) is 4.91. The molecule has 0 bridgehead atoms. The van der Waals surface area contributed by atoms with Crippen molar-refractivity contribution in [2.45, 2.75) is 18.4 Å². The second-order valence-electron chi connectivity index (χ2n) is 5.85. The monoisotopic (exact) mass is 403 g/mol. The van der Waals surface area contributed by atoms with Gasteiger partial charge in [-0.1, -0.05) is 23.4 Å². The fourth-order valence-corrected chi connectivity index (χ4v) is 3.25. The highest BCUT2D eigenvalue weighted by atomic mass is 32.2. The number of sulfonamides is 1. The van der Waals surface area contributed by atoms with Gasteiger partial charge in [-0.05, 0) is 36.8 Å². The molecule has 0 fully saturated rings. The lowest BCUT2D eigenvalue weighted by Crippen LogP contribution is -2.15. The van der Waals surface area contributed by atoms with Crippen molar-refractivity contribution < 1.29 is 27.2 Å². The van der Waals surface area contributed by atoms with Crippen molar-refractivity contribution >= 4 is 16.0 Å². The van der Waals surface area contributed by atoms with Gasteiger partial charge in [0.2, 0.25) is 15.8 Å². The normalized spacial score (nSPS) is 11.2. The number of carbonyl (C=O) groups excluding carboxylic acids is 1. The maximum Gasteiger partial charge on any atom is 0.338 e. The Labute approximate surface area is 161 Å². The first-order valence-corrected chi connectivity index (χ1v) is 9.60. The zero-order valence-corrected chi connectivity index (χ0v) is 15.9. The zero-order chi connectivity index (χ0) is 20.3. The molecule has 9 nitrogen and oxygen atoms in total. The molecule has 0 saturated heterocycles. The highest BCUT2D eigenvalue weighted by Gasteiger charge is 2.17. The number of methoxy groups -OCH3 is 1. The van der Waals surface area contributed by atoms with E-state index < -0.39 is 16.0 Å². The van der Waals surface area contributed by atoms with E-state index in [9.17, 15) is 13.2 Å². The van der Waals surface area contributed by atoms with E-state index in [2.05, 4.69) is 10.1 Å². The van der Waals surface area contributed by atoms with Crippen molar-refractivity contribution in [2.24, 2.45) is 5.14 Å². The molecule has 0 aliphatic carbocycles. The van der Waals surface area contributed by atoms with Crippen LogP contribution >= 0.6 is 0 Å². The first kappa shape index (κ1) is 19.5. The Morgan fingerprint density at radius 3 is 2.71 bits per heavy atom. The number of aryl methyl sites for hydroxylation is 1. The topological polar surface area (TPSA) is 135 Å². The minimum absolute atomic E-state index is 0.0437. The van der Waals surface area contributed by atoms with Gasteiger partial charge in [0.1, 0.15) is 5.75 Å². The quantitative estimate of drug-likeness (QED) is 0.618. The lowest BCUT2D eigenvalue weighted by Gasteiger charge is -2.06. The third kappa shape index (κ3) is 4.35. The van der Waals surface area contributed by atoms with Crippen molar-refractivity contribution in [1.82, 2.24) is 10.1 Å². The third-order valence-electron chi connectivity index (χ3n) is 3.85. The molecular formula is C18H17N3O6S. The Balaban J connectivity index is 1.71. The molecule has 3 rings (SSSR count). The van der Waals surface area contributed by atoms with E-state index >= 15 is 0 Å². The molecule has 0 amide bonds.